The quantitative estimate of drug-likeness (QED) is 0.722. The lowest BCUT2D eigenvalue weighted by atomic mass is 10.1. The maximum absolute atomic E-state index is 14.0. The van der Waals surface area contributed by atoms with Crippen LogP contribution in [-0.2, 0) is 13.5 Å². The summed E-state index contributed by atoms with van der Waals surface area (Å²) in [4.78, 5) is 17.6. The maximum Gasteiger partial charge on any atom is 0.263 e. The van der Waals surface area contributed by atoms with Crippen LogP contribution in [0.4, 0.5) is 4.39 Å². The molecule has 0 radical (unpaired) electrons. The van der Waals surface area contributed by atoms with Gasteiger partial charge >= 0.3 is 0 Å². The van der Waals surface area contributed by atoms with E-state index in [0.29, 0.717) is 27.6 Å². The minimum absolute atomic E-state index is 0.0579. The Bertz CT molecular complexity index is 992. The number of amides is 1. The van der Waals surface area contributed by atoms with Gasteiger partial charge in [0.25, 0.3) is 5.91 Å². The summed E-state index contributed by atoms with van der Waals surface area (Å²) in [6.07, 6.45) is 0.704. The summed E-state index contributed by atoms with van der Waals surface area (Å²) in [6.45, 7) is 7.75. The number of halogens is 1. The highest BCUT2D eigenvalue weighted by Gasteiger charge is 2.20. The van der Waals surface area contributed by atoms with E-state index in [4.69, 9.17) is 0 Å². The van der Waals surface area contributed by atoms with Crippen molar-refractivity contribution in [1.82, 2.24) is 20.1 Å². The monoisotopic (exact) mass is 386 g/mol. The third kappa shape index (κ3) is 3.93. The molecule has 0 saturated carbocycles. The van der Waals surface area contributed by atoms with Gasteiger partial charge in [0.2, 0.25) is 0 Å². The average molecular weight is 386 g/mol. The molecule has 1 atom stereocenters. The van der Waals surface area contributed by atoms with E-state index in [2.05, 4.69) is 15.4 Å². The lowest BCUT2D eigenvalue weighted by molar-refractivity contribution is 0.0943. The predicted molar refractivity (Wildman–Crippen MR) is 106 cm³/mol. The summed E-state index contributed by atoms with van der Waals surface area (Å²) in [5.74, 6) is -0.520. The summed E-state index contributed by atoms with van der Waals surface area (Å²) in [5.41, 5.74) is 4.26. The third-order valence-electron chi connectivity index (χ3n) is 4.65. The molecule has 7 heteroatoms. The van der Waals surface area contributed by atoms with Gasteiger partial charge in [-0.1, -0.05) is 12.1 Å². The van der Waals surface area contributed by atoms with Gasteiger partial charge in [-0.05, 0) is 51.8 Å². The predicted octanol–water partition coefficient (Wildman–Crippen LogP) is 3.97. The molecule has 2 heterocycles. The molecule has 0 aliphatic rings. The SMILES string of the molecule is Cc1nc(-c2ccccc2F)sc1C(=O)N[C@@H](C)Cc1c(C)nn(C)c1C. The first kappa shape index (κ1) is 19.2. The van der Waals surface area contributed by atoms with Gasteiger partial charge < -0.3 is 5.32 Å². The van der Waals surface area contributed by atoms with Crippen LogP contribution in [0, 0.1) is 26.6 Å². The molecule has 0 unspecified atom stereocenters. The van der Waals surface area contributed by atoms with E-state index in [0.717, 1.165) is 17.0 Å². The highest BCUT2D eigenvalue weighted by Crippen LogP contribution is 2.29. The zero-order valence-electron chi connectivity index (χ0n) is 16.1. The van der Waals surface area contributed by atoms with Crippen LogP contribution < -0.4 is 5.32 Å². The number of hydrogen-bond acceptors (Lipinski definition) is 4. The van der Waals surface area contributed by atoms with Crippen molar-refractivity contribution in [1.29, 1.82) is 0 Å². The molecule has 0 bridgehead atoms. The fourth-order valence-electron chi connectivity index (χ4n) is 3.12. The van der Waals surface area contributed by atoms with Crippen molar-refractivity contribution in [3.05, 3.63) is 57.6 Å². The van der Waals surface area contributed by atoms with Crippen LogP contribution in [-0.4, -0.2) is 26.7 Å². The van der Waals surface area contributed by atoms with Crippen molar-refractivity contribution in [3.63, 3.8) is 0 Å². The van der Waals surface area contributed by atoms with Crippen molar-refractivity contribution in [3.8, 4) is 10.6 Å². The van der Waals surface area contributed by atoms with Crippen molar-refractivity contribution >= 4 is 17.2 Å². The van der Waals surface area contributed by atoms with Gasteiger partial charge in [0, 0.05) is 24.3 Å². The number of carbonyl (C=O) groups excluding carboxylic acids is 1. The van der Waals surface area contributed by atoms with Gasteiger partial charge in [0.1, 0.15) is 15.7 Å². The van der Waals surface area contributed by atoms with Crippen LogP contribution in [0.2, 0.25) is 0 Å². The summed E-state index contributed by atoms with van der Waals surface area (Å²) < 4.78 is 15.9. The summed E-state index contributed by atoms with van der Waals surface area (Å²) in [7, 11) is 1.92. The molecule has 27 heavy (non-hydrogen) atoms. The van der Waals surface area contributed by atoms with E-state index in [1.165, 1.54) is 17.4 Å². The first-order chi connectivity index (χ1) is 12.8. The van der Waals surface area contributed by atoms with Crippen molar-refractivity contribution in [2.75, 3.05) is 0 Å². The molecule has 0 spiro atoms. The van der Waals surface area contributed by atoms with E-state index >= 15 is 0 Å². The Hall–Kier alpha value is -2.54. The molecule has 5 nitrogen and oxygen atoms in total. The number of aryl methyl sites for hydroxylation is 3. The summed E-state index contributed by atoms with van der Waals surface area (Å²) >= 11 is 1.21. The van der Waals surface area contributed by atoms with Crippen LogP contribution in [0.15, 0.2) is 24.3 Å². The normalized spacial score (nSPS) is 12.2. The molecule has 1 amide bonds. The van der Waals surface area contributed by atoms with Crippen LogP contribution in [0.5, 0.6) is 0 Å². The molecule has 1 N–H and O–H groups in total. The molecule has 1 aromatic carbocycles. The van der Waals surface area contributed by atoms with E-state index in [1.54, 1.807) is 25.1 Å². The number of carbonyl (C=O) groups is 1. The van der Waals surface area contributed by atoms with Crippen LogP contribution in [0.3, 0.4) is 0 Å². The first-order valence-electron chi connectivity index (χ1n) is 8.80. The fourth-order valence-corrected chi connectivity index (χ4v) is 4.11. The zero-order chi connectivity index (χ0) is 19.7. The highest BCUT2D eigenvalue weighted by molar-refractivity contribution is 7.17. The van der Waals surface area contributed by atoms with Gasteiger partial charge in [-0.25, -0.2) is 9.37 Å². The van der Waals surface area contributed by atoms with Crippen molar-refractivity contribution in [2.45, 2.75) is 40.2 Å². The van der Waals surface area contributed by atoms with E-state index in [-0.39, 0.29) is 17.8 Å². The minimum atomic E-state index is -0.339. The number of rotatable bonds is 5. The van der Waals surface area contributed by atoms with E-state index < -0.39 is 0 Å². The first-order valence-corrected chi connectivity index (χ1v) is 9.61. The van der Waals surface area contributed by atoms with Gasteiger partial charge in [-0.15, -0.1) is 11.3 Å². The number of nitrogens with zero attached hydrogens (tertiary/aromatic N) is 3. The number of nitrogens with one attached hydrogen (secondary N) is 1. The van der Waals surface area contributed by atoms with Gasteiger partial charge in [0.05, 0.1) is 11.4 Å². The molecule has 0 saturated heterocycles. The van der Waals surface area contributed by atoms with E-state index in [9.17, 15) is 9.18 Å². The Kier molecular flexibility index (Phi) is 5.41. The van der Waals surface area contributed by atoms with Gasteiger partial charge in [-0.2, -0.15) is 5.10 Å². The van der Waals surface area contributed by atoms with Crippen LogP contribution in [0.25, 0.3) is 10.6 Å². The minimum Gasteiger partial charge on any atom is -0.348 e. The number of aromatic nitrogens is 3. The third-order valence-corrected chi connectivity index (χ3v) is 5.84. The molecule has 2 aromatic heterocycles. The maximum atomic E-state index is 14.0. The summed E-state index contributed by atoms with van der Waals surface area (Å²) in [6, 6.07) is 6.41. The molecule has 0 aliphatic carbocycles. The second-order valence-corrected chi connectivity index (χ2v) is 7.76. The number of hydrogen-bond donors (Lipinski definition) is 1. The molecular formula is C20H23FN4OS. The highest BCUT2D eigenvalue weighted by atomic mass is 32.1. The molecule has 142 valence electrons. The Morgan fingerprint density at radius 3 is 2.59 bits per heavy atom. The van der Waals surface area contributed by atoms with Crippen molar-refractivity contribution < 1.29 is 9.18 Å². The zero-order valence-corrected chi connectivity index (χ0v) is 16.9. The van der Waals surface area contributed by atoms with Gasteiger partial charge in [0.15, 0.2) is 0 Å². The average Bonchev–Trinajstić information content (AvgIpc) is 3.10. The van der Waals surface area contributed by atoms with Crippen LogP contribution >= 0.6 is 11.3 Å². The smallest absolute Gasteiger partial charge is 0.263 e. The lowest BCUT2D eigenvalue weighted by Crippen LogP contribution is -2.34. The topological polar surface area (TPSA) is 59.8 Å². The van der Waals surface area contributed by atoms with Gasteiger partial charge in [-0.3, -0.25) is 9.48 Å². The number of benzene rings is 1. The number of thiazole rings is 1. The van der Waals surface area contributed by atoms with E-state index in [1.807, 2.05) is 32.5 Å². The standard InChI is InChI=1S/C20H23FN4OS/c1-11(10-16-12(2)24-25(5)14(16)4)22-19(26)18-13(3)23-20(27-18)15-8-6-7-9-17(15)21/h6-9,11H,10H2,1-5H3,(H,22,26)/t11-/m0/s1. The van der Waals surface area contributed by atoms with Crippen molar-refractivity contribution in [2.24, 2.45) is 7.05 Å². The Morgan fingerprint density at radius 2 is 1.96 bits per heavy atom. The second-order valence-electron chi connectivity index (χ2n) is 6.77. The Balaban J connectivity index is 1.75. The Morgan fingerprint density at radius 1 is 1.26 bits per heavy atom. The Labute approximate surface area is 162 Å². The lowest BCUT2D eigenvalue weighted by Gasteiger charge is -2.14. The fraction of sp³-hybridized carbons (Fsp3) is 0.350. The molecule has 0 aliphatic heterocycles. The second kappa shape index (κ2) is 7.60. The molecule has 3 rings (SSSR count). The molecule has 3 aromatic rings. The largest absolute Gasteiger partial charge is 0.348 e. The summed E-state index contributed by atoms with van der Waals surface area (Å²) in [5, 5.41) is 7.97. The molecule has 0 fully saturated rings. The molecular weight excluding hydrogens is 363 g/mol. The van der Waals surface area contributed by atoms with Crippen LogP contribution in [0.1, 0.15) is 39.2 Å².